The van der Waals surface area contributed by atoms with Gasteiger partial charge in [0.25, 0.3) is 5.91 Å². The Balaban J connectivity index is 1.58. The largest absolute Gasteiger partial charge is 0.464 e. The Hall–Kier alpha value is -2.05. The highest BCUT2D eigenvalue weighted by Crippen LogP contribution is 2.47. The lowest BCUT2D eigenvalue weighted by molar-refractivity contribution is -0.906. The smallest absolute Gasteiger partial charge is 0.356 e. The van der Waals surface area contributed by atoms with E-state index in [1.54, 1.807) is 12.1 Å². The monoisotopic (exact) mass is 418 g/mol. The predicted molar refractivity (Wildman–Crippen MR) is 114 cm³/mol. The number of esters is 1. The first-order valence-corrected chi connectivity index (χ1v) is 10.5. The van der Waals surface area contributed by atoms with E-state index in [1.165, 1.54) is 24.9 Å². The first kappa shape index (κ1) is 20.2. The number of benzene rings is 1. The van der Waals surface area contributed by atoms with Gasteiger partial charge >= 0.3 is 5.97 Å². The fourth-order valence-electron chi connectivity index (χ4n) is 5.93. The summed E-state index contributed by atoms with van der Waals surface area (Å²) in [6.45, 7) is 8.40. The molecule has 0 spiro atoms. The summed E-state index contributed by atoms with van der Waals surface area (Å²) < 4.78 is 4.88. The van der Waals surface area contributed by atoms with Gasteiger partial charge in [-0.05, 0) is 24.0 Å². The van der Waals surface area contributed by atoms with Crippen molar-refractivity contribution in [3.63, 3.8) is 0 Å². The van der Waals surface area contributed by atoms with Crippen molar-refractivity contribution in [1.82, 2.24) is 4.98 Å². The first-order chi connectivity index (χ1) is 13.6. The first-order valence-electron chi connectivity index (χ1n) is 10.1. The van der Waals surface area contributed by atoms with Crippen LogP contribution >= 0.6 is 11.6 Å². The van der Waals surface area contributed by atoms with Gasteiger partial charge in [-0.1, -0.05) is 38.4 Å². The number of anilines is 1. The minimum Gasteiger partial charge on any atom is -0.464 e. The average molecular weight is 419 g/mol. The number of aromatic amines is 1. The molecule has 2 fully saturated rings. The quantitative estimate of drug-likeness (QED) is 0.668. The maximum atomic E-state index is 13.0. The van der Waals surface area contributed by atoms with Crippen LogP contribution in [0.4, 0.5) is 5.69 Å². The van der Waals surface area contributed by atoms with Gasteiger partial charge in [0.15, 0.2) is 6.54 Å². The van der Waals surface area contributed by atoms with Crippen LogP contribution in [-0.2, 0) is 9.53 Å². The molecule has 156 valence electrons. The third-order valence-electron chi connectivity index (χ3n) is 6.49. The molecule has 2 heterocycles. The SMILES string of the molecule is COC(=O)c1[nH]c2cccc(Cl)c2c1NC(=O)C[NH+]1C[C@]2(C)C[C@H]1CC(C)(C)C2. The molecule has 3 atom stereocenters. The Morgan fingerprint density at radius 1 is 1.31 bits per heavy atom. The molecule has 2 aliphatic rings. The lowest BCUT2D eigenvalue weighted by Gasteiger charge is -2.37. The van der Waals surface area contributed by atoms with E-state index in [9.17, 15) is 9.59 Å². The summed E-state index contributed by atoms with van der Waals surface area (Å²) >= 11 is 6.37. The number of likely N-dealkylation sites (tertiary alicyclic amines) is 1. The van der Waals surface area contributed by atoms with Gasteiger partial charge in [0.2, 0.25) is 0 Å². The van der Waals surface area contributed by atoms with Crippen molar-refractivity contribution < 1.29 is 19.2 Å². The number of fused-ring (bicyclic) bond motifs is 3. The van der Waals surface area contributed by atoms with Gasteiger partial charge in [-0.25, -0.2) is 4.79 Å². The van der Waals surface area contributed by atoms with E-state index in [-0.39, 0.29) is 11.6 Å². The summed E-state index contributed by atoms with van der Waals surface area (Å²) in [5.74, 6) is -0.647. The zero-order valence-corrected chi connectivity index (χ0v) is 18.2. The second kappa shape index (κ2) is 7.03. The molecule has 1 aromatic heterocycles. The number of methoxy groups -OCH3 is 1. The Bertz CT molecular complexity index is 983. The predicted octanol–water partition coefficient (Wildman–Crippen LogP) is 3.03. The van der Waals surface area contributed by atoms with Crippen molar-refractivity contribution >= 4 is 40.1 Å². The molecule has 1 aliphatic carbocycles. The van der Waals surface area contributed by atoms with E-state index >= 15 is 0 Å². The molecule has 29 heavy (non-hydrogen) atoms. The molecule has 2 bridgehead atoms. The lowest BCUT2D eigenvalue weighted by atomic mass is 9.65. The highest BCUT2D eigenvalue weighted by Gasteiger charge is 2.53. The molecule has 1 unspecified atom stereocenters. The fraction of sp³-hybridized carbons (Fsp3) is 0.545. The Morgan fingerprint density at radius 2 is 2.07 bits per heavy atom. The number of ether oxygens (including phenoxy) is 1. The van der Waals surface area contributed by atoms with Crippen molar-refractivity contribution in [2.75, 3.05) is 25.5 Å². The van der Waals surface area contributed by atoms with Crippen LogP contribution in [0.1, 0.15) is 50.5 Å². The van der Waals surface area contributed by atoms with E-state index in [0.29, 0.717) is 45.0 Å². The molecule has 1 aliphatic heterocycles. The van der Waals surface area contributed by atoms with Crippen LogP contribution in [0, 0.1) is 10.8 Å². The van der Waals surface area contributed by atoms with Gasteiger partial charge in [0, 0.05) is 29.2 Å². The van der Waals surface area contributed by atoms with E-state index in [0.717, 1.165) is 13.0 Å². The summed E-state index contributed by atoms with van der Waals surface area (Å²) in [5, 5.41) is 4.06. The fourth-order valence-corrected chi connectivity index (χ4v) is 6.20. The number of carbonyl (C=O) groups is 2. The maximum absolute atomic E-state index is 13.0. The normalized spacial score (nSPS) is 27.8. The zero-order chi connectivity index (χ0) is 21.0. The summed E-state index contributed by atoms with van der Waals surface area (Å²) in [7, 11) is 1.32. The maximum Gasteiger partial charge on any atom is 0.356 e. The van der Waals surface area contributed by atoms with Gasteiger partial charge in [0.1, 0.15) is 5.69 Å². The van der Waals surface area contributed by atoms with Crippen LogP contribution in [0.25, 0.3) is 10.9 Å². The number of nitrogens with one attached hydrogen (secondary N) is 3. The van der Waals surface area contributed by atoms with E-state index < -0.39 is 5.97 Å². The van der Waals surface area contributed by atoms with Gasteiger partial charge in [-0.2, -0.15) is 0 Å². The standard InChI is InChI=1S/C22H28ClN3O3/c1-21(2)8-13-9-22(3,11-21)12-26(13)10-16(27)25-18-17-14(23)6-5-7-15(17)24-19(18)20(28)29-4/h5-7,13,24H,8-12H2,1-4H3,(H,25,27)/p+1/t13-,22-/m1/s1. The Labute approximate surface area is 175 Å². The number of H-pyrrole nitrogens is 1. The Morgan fingerprint density at radius 3 is 2.79 bits per heavy atom. The number of hydrogen-bond donors (Lipinski definition) is 3. The highest BCUT2D eigenvalue weighted by atomic mass is 35.5. The Kier molecular flexibility index (Phi) is 4.90. The molecule has 2 aromatic rings. The van der Waals surface area contributed by atoms with Crippen LogP contribution in [0.3, 0.4) is 0 Å². The number of halogens is 1. The zero-order valence-electron chi connectivity index (χ0n) is 17.4. The molecular formula is C22H29ClN3O3+. The second-order valence-corrected chi connectivity index (χ2v) is 10.3. The van der Waals surface area contributed by atoms with Crippen LogP contribution in [-0.4, -0.2) is 43.1 Å². The molecule has 1 saturated heterocycles. The minimum atomic E-state index is -0.536. The number of aromatic nitrogens is 1. The molecular weight excluding hydrogens is 390 g/mol. The summed E-state index contributed by atoms with van der Waals surface area (Å²) in [6, 6.07) is 5.86. The molecule has 7 heteroatoms. The van der Waals surface area contributed by atoms with E-state index in [2.05, 4.69) is 31.1 Å². The van der Waals surface area contributed by atoms with Crippen molar-refractivity contribution in [2.24, 2.45) is 10.8 Å². The topological polar surface area (TPSA) is 75.6 Å². The lowest BCUT2D eigenvalue weighted by Crippen LogP contribution is -3.15. The van der Waals surface area contributed by atoms with Crippen molar-refractivity contribution in [1.29, 1.82) is 0 Å². The van der Waals surface area contributed by atoms with Crippen molar-refractivity contribution in [3.8, 4) is 0 Å². The third kappa shape index (κ3) is 3.76. The third-order valence-corrected chi connectivity index (χ3v) is 6.80. The van der Waals surface area contributed by atoms with Crippen molar-refractivity contribution in [3.05, 3.63) is 28.9 Å². The molecule has 1 amide bonds. The van der Waals surface area contributed by atoms with Crippen LogP contribution < -0.4 is 10.2 Å². The molecule has 3 N–H and O–H groups in total. The van der Waals surface area contributed by atoms with Gasteiger partial charge in [0.05, 0.1) is 30.4 Å². The second-order valence-electron chi connectivity index (χ2n) is 9.85. The minimum absolute atomic E-state index is 0.111. The van der Waals surface area contributed by atoms with Gasteiger partial charge in [-0.3, -0.25) is 4.79 Å². The van der Waals surface area contributed by atoms with E-state index in [1.807, 2.05) is 6.07 Å². The number of hydrogen-bond acceptors (Lipinski definition) is 3. The highest BCUT2D eigenvalue weighted by molar-refractivity contribution is 6.37. The van der Waals surface area contributed by atoms with Gasteiger partial charge < -0.3 is 19.9 Å². The van der Waals surface area contributed by atoms with Crippen LogP contribution in [0.15, 0.2) is 18.2 Å². The number of amides is 1. The molecule has 1 saturated carbocycles. The van der Waals surface area contributed by atoms with Crippen LogP contribution in [0.2, 0.25) is 5.02 Å². The molecule has 6 nitrogen and oxygen atoms in total. The molecule has 1 aromatic carbocycles. The molecule has 0 radical (unpaired) electrons. The average Bonchev–Trinajstić information content (AvgIpc) is 3.09. The van der Waals surface area contributed by atoms with Gasteiger partial charge in [-0.15, -0.1) is 0 Å². The molecule has 4 rings (SSSR count). The summed E-state index contributed by atoms with van der Waals surface area (Å²) in [6.07, 6.45) is 3.51. The number of rotatable bonds is 4. The summed E-state index contributed by atoms with van der Waals surface area (Å²) in [5.41, 5.74) is 1.91. The van der Waals surface area contributed by atoms with Crippen molar-refractivity contribution in [2.45, 2.75) is 46.1 Å². The number of quaternary nitrogens is 1. The summed E-state index contributed by atoms with van der Waals surface area (Å²) in [4.78, 5) is 29.6. The van der Waals surface area contributed by atoms with Crippen LogP contribution in [0.5, 0.6) is 0 Å². The van der Waals surface area contributed by atoms with E-state index in [4.69, 9.17) is 16.3 Å². The number of carbonyl (C=O) groups excluding carboxylic acids is 2.